The van der Waals surface area contributed by atoms with Crippen LogP contribution in [0, 0.1) is 0 Å². The summed E-state index contributed by atoms with van der Waals surface area (Å²) in [5.74, 6) is 0.923. The SMILES string of the molecule is CCC(CC(C)c1ccc(-c2ccc3c(c2)c2cc(-c4ccc(N(c5ccccc5)c5ccccc5)cc4)ccc2n3-c2ccccc2)cc1)c1ccc(-c2ccc(-c3ccc4c(c3)CC4)cc2)cc1. The van der Waals surface area contributed by atoms with Crippen molar-refractivity contribution in [3.63, 3.8) is 0 Å². The van der Waals surface area contributed by atoms with Crippen molar-refractivity contribution < 1.29 is 0 Å². The van der Waals surface area contributed by atoms with E-state index in [0.717, 1.165) is 35.6 Å². The molecule has 0 saturated heterocycles. The Hall–Kier alpha value is -8.20. The number of rotatable bonds is 13. The molecule has 1 heterocycles. The smallest absolute Gasteiger partial charge is 0.0541 e. The van der Waals surface area contributed by atoms with Crippen LogP contribution >= 0.6 is 0 Å². The third-order valence-corrected chi connectivity index (χ3v) is 15.0. The second-order valence-corrected chi connectivity index (χ2v) is 19.2. The number of hydrogen-bond acceptors (Lipinski definition) is 1. The van der Waals surface area contributed by atoms with E-state index in [-0.39, 0.29) is 0 Å². The molecular weight excluding hydrogens is 845 g/mol. The molecule has 0 saturated carbocycles. The topological polar surface area (TPSA) is 8.17 Å². The molecule has 0 aliphatic heterocycles. The van der Waals surface area contributed by atoms with Crippen LogP contribution in [0.2, 0.25) is 0 Å². The monoisotopic (exact) mass is 900 g/mol. The maximum atomic E-state index is 2.41. The van der Waals surface area contributed by atoms with Crippen molar-refractivity contribution in [2.24, 2.45) is 0 Å². The first-order chi connectivity index (χ1) is 34.5. The minimum absolute atomic E-state index is 0.430. The molecule has 1 aromatic heterocycles. The van der Waals surface area contributed by atoms with Crippen molar-refractivity contribution in [2.75, 3.05) is 4.90 Å². The van der Waals surface area contributed by atoms with Crippen LogP contribution < -0.4 is 4.90 Å². The highest BCUT2D eigenvalue weighted by molar-refractivity contribution is 6.11. The van der Waals surface area contributed by atoms with Crippen molar-refractivity contribution in [1.82, 2.24) is 4.57 Å². The zero-order valence-electron chi connectivity index (χ0n) is 40.0. The summed E-state index contributed by atoms with van der Waals surface area (Å²) in [7, 11) is 0. The highest BCUT2D eigenvalue weighted by Gasteiger charge is 2.19. The molecule has 2 nitrogen and oxygen atoms in total. The lowest BCUT2D eigenvalue weighted by Gasteiger charge is -2.25. The number of fused-ring (bicyclic) bond motifs is 4. The summed E-state index contributed by atoms with van der Waals surface area (Å²) in [6.07, 6.45) is 4.66. The molecule has 12 rings (SSSR count). The van der Waals surface area contributed by atoms with Gasteiger partial charge in [0.1, 0.15) is 0 Å². The summed E-state index contributed by atoms with van der Waals surface area (Å²) in [6, 6.07) is 89.7. The van der Waals surface area contributed by atoms with Gasteiger partial charge in [-0.25, -0.2) is 0 Å². The van der Waals surface area contributed by atoms with Gasteiger partial charge in [-0.15, -0.1) is 0 Å². The Morgan fingerprint density at radius 2 is 0.786 bits per heavy atom. The van der Waals surface area contributed by atoms with Gasteiger partial charge in [-0.2, -0.15) is 0 Å². The summed E-state index contributed by atoms with van der Waals surface area (Å²) in [5, 5.41) is 2.49. The van der Waals surface area contributed by atoms with E-state index in [1.807, 2.05) is 0 Å². The molecular formula is C68H56N2. The molecule has 70 heavy (non-hydrogen) atoms. The minimum Gasteiger partial charge on any atom is -0.311 e. The van der Waals surface area contributed by atoms with Crippen LogP contribution in [0.25, 0.3) is 72.0 Å². The van der Waals surface area contributed by atoms with E-state index in [0.29, 0.717) is 11.8 Å². The van der Waals surface area contributed by atoms with Gasteiger partial charge in [0.25, 0.3) is 0 Å². The lowest BCUT2D eigenvalue weighted by Crippen LogP contribution is -2.09. The molecule has 1 aliphatic carbocycles. The third kappa shape index (κ3) is 8.30. The number of anilines is 3. The van der Waals surface area contributed by atoms with Crippen LogP contribution in [0.4, 0.5) is 17.1 Å². The fourth-order valence-corrected chi connectivity index (χ4v) is 10.9. The number of aromatic nitrogens is 1. The van der Waals surface area contributed by atoms with Crippen LogP contribution in [-0.2, 0) is 12.8 Å². The fraction of sp³-hybridized carbons (Fsp3) is 0.118. The van der Waals surface area contributed by atoms with Crippen molar-refractivity contribution in [2.45, 2.75) is 51.4 Å². The van der Waals surface area contributed by atoms with E-state index >= 15 is 0 Å². The highest BCUT2D eigenvalue weighted by atomic mass is 15.1. The Morgan fingerprint density at radius 1 is 0.386 bits per heavy atom. The predicted molar refractivity (Wildman–Crippen MR) is 297 cm³/mol. The number of para-hydroxylation sites is 3. The van der Waals surface area contributed by atoms with Gasteiger partial charge in [0.15, 0.2) is 0 Å². The normalized spacial score (nSPS) is 12.9. The third-order valence-electron chi connectivity index (χ3n) is 15.0. The quantitative estimate of drug-likeness (QED) is 0.112. The maximum absolute atomic E-state index is 2.41. The van der Waals surface area contributed by atoms with Crippen molar-refractivity contribution in [1.29, 1.82) is 0 Å². The lowest BCUT2D eigenvalue weighted by atomic mass is 9.84. The minimum atomic E-state index is 0.430. The average Bonchev–Trinajstić information content (AvgIpc) is 3.75. The van der Waals surface area contributed by atoms with Gasteiger partial charge in [0.05, 0.1) is 11.0 Å². The maximum Gasteiger partial charge on any atom is 0.0541 e. The largest absolute Gasteiger partial charge is 0.311 e. The molecule has 2 atom stereocenters. The van der Waals surface area contributed by atoms with E-state index in [4.69, 9.17) is 0 Å². The van der Waals surface area contributed by atoms with Gasteiger partial charge in [0.2, 0.25) is 0 Å². The molecule has 0 bridgehead atoms. The highest BCUT2D eigenvalue weighted by Crippen LogP contribution is 2.41. The molecule has 11 aromatic rings. The Bertz CT molecular complexity index is 3530. The first-order valence-electron chi connectivity index (χ1n) is 25.1. The zero-order valence-corrected chi connectivity index (χ0v) is 40.0. The summed E-state index contributed by atoms with van der Waals surface area (Å²) < 4.78 is 2.41. The van der Waals surface area contributed by atoms with E-state index in [1.165, 1.54) is 101 Å². The molecule has 338 valence electrons. The summed E-state index contributed by atoms with van der Waals surface area (Å²) >= 11 is 0. The van der Waals surface area contributed by atoms with Crippen molar-refractivity contribution in [3.05, 3.63) is 265 Å². The molecule has 0 amide bonds. The van der Waals surface area contributed by atoms with Crippen molar-refractivity contribution >= 4 is 38.9 Å². The van der Waals surface area contributed by atoms with Crippen molar-refractivity contribution in [3.8, 4) is 50.2 Å². The summed E-state index contributed by atoms with van der Waals surface area (Å²) in [4.78, 5) is 2.31. The Kier molecular flexibility index (Phi) is 11.5. The van der Waals surface area contributed by atoms with E-state index in [2.05, 4.69) is 266 Å². The molecule has 0 fully saturated rings. The van der Waals surface area contributed by atoms with Gasteiger partial charge in [-0.1, -0.05) is 184 Å². The lowest BCUT2D eigenvalue weighted by molar-refractivity contribution is 0.544. The second kappa shape index (κ2) is 18.7. The molecule has 0 N–H and O–H groups in total. The summed E-state index contributed by atoms with van der Waals surface area (Å²) in [5.41, 5.74) is 22.8. The standard InChI is InChI=1S/C68H56N2/c1-3-48(50-23-25-51(26-24-50)52-27-29-53(30-28-52)57-33-31-54-32-34-58(54)44-57)43-47(2)49-19-21-55(22-20-49)59-37-41-67-65(45-59)66-46-60(38-42-68(66)70(67)63-17-11-6-12-18-63)56-35-39-64(40-36-56)69(61-13-7-4-8-14-61)62-15-9-5-10-16-62/h4-31,33,35-42,44-48H,3,32,34,43H2,1-2H3. The van der Waals surface area contributed by atoms with Crippen LogP contribution in [0.15, 0.2) is 243 Å². The van der Waals surface area contributed by atoms with E-state index < -0.39 is 0 Å². The molecule has 0 spiro atoms. The molecule has 2 unspecified atom stereocenters. The van der Waals surface area contributed by atoms with E-state index in [1.54, 1.807) is 0 Å². The van der Waals surface area contributed by atoms with Crippen LogP contribution in [0.5, 0.6) is 0 Å². The second-order valence-electron chi connectivity index (χ2n) is 19.2. The molecule has 1 aliphatic rings. The van der Waals surface area contributed by atoms with Crippen LogP contribution in [0.1, 0.15) is 60.8 Å². The number of nitrogens with zero attached hydrogens (tertiary/aromatic N) is 2. The fourth-order valence-electron chi connectivity index (χ4n) is 10.9. The van der Waals surface area contributed by atoms with Gasteiger partial charge in [-0.3, -0.25) is 0 Å². The number of hydrogen-bond donors (Lipinski definition) is 0. The van der Waals surface area contributed by atoms with Gasteiger partial charge < -0.3 is 9.47 Å². The predicted octanol–water partition coefficient (Wildman–Crippen LogP) is 18.7. The van der Waals surface area contributed by atoms with E-state index in [9.17, 15) is 0 Å². The average molecular weight is 901 g/mol. The number of aryl methyl sites for hydroxylation is 2. The first kappa shape index (κ1) is 43.1. The first-order valence-corrected chi connectivity index (χ1v) is 25.1. The zero-order chi connectivity index (χ0) is 47.0. The van der Waals surface area contributed by atoms with Gasteiger partial charge >= 0.3 is 0 Å². The van der Waals surface area contributed by atoms with Gasteiger partial charge in [-0.05, 0) is 177 Å². The molecule has 10 aromatic carbocycles. The molecule has 0 radical (unpaired) electrons. The van der Waals surface area contributed by atoms with Gasteiger partial charge in [0, 0.05) is 33.5 Å². The Morgan fingerprint density at radius 3 is 1.27 bits per heavy atom. The number of benzene rings is 10. The summed E-state index contributed by atoms with van der Waals surface area (Å²) in [6.45, 7) is 4.73. The van der Waals surface area contributed by atoms with Crippen LogP contribution in [0.3, 0.4) is 0 Å². The van der Waals surface area contributed by atoms with Crippen LogP contribution in [-0.4, -0.2) is 4.57 Å². The molecule has 2 heteroatoms. The Labute approximate surface area is 412 Å². The Balaban J connectivity index is 0.792.